The smallest absolute Gasteiger partial charge is 0.335 e. The van der Waals surface area contributed by atoms with Crippen LogP contribution in [0.4, 0.5) is 5.69 Å². The number of aromatic carboxylic acids is 1. The topological polar surface area (TPSA) is 112 Å². The Balaban J connectivity index is 1.62. The molecule has 0 unspecified atom stereocenters. The molecule has 8 nitrogen and oxygen atoms in total. The second-order valence-electron chi connectivity index (χ2n) is 7.17. The monoisotopic (exact) mass is 427 g/mol. The standard InChI is InChI=1S/C24H21N5O3/c1-2-22(30)29(19-7-5-6-18(14-19)24(31)32)15-16-10-12-17(13-11-16)20-8-3-4-9-21(20)23-25-27-28-26-23/h3-14H,2,15H2,1H3,(H,31,32)(H,25,26,27,28). The van der Waals surface area contributed by atoms with Crippen LogP contribution in [0.15, 0.2) is 72.8 Å². The number of hydrogen-bond acceptors (Lipinski definition) is 5. The van der Waals surface area contributed by atoms with Crippen molar-refractivity contribution in [2.45, 2.75) is 19.9 Å². The Bertz CT molecular complexity index is 1240. The number of carboxylic acids is 1. The predicted molar refractivity (Wildman–Crippen MR) is 120 cm³/mol. The molecule has 0 spiro atoms. The van der Waals surface area contributed by atoms with E-state index in [0.29, 0.717) is 24.5 Å². The minimum absolute atomic E-state index is 0.0842. The Labute approximate surface area is 184 Å². The first-order valence-corrected chi connectivity index (χ1v) is 10.1. The van der Waals surface area contributed by atoms with Crippen molar-refractivity contribution in [1.82, 2.24) is 20.6 Å². The Morgan fingerprint density at radius 1 is 0.969 bits per heavy atom. The van der Waals surface area contributed by atoms with Gasteiger partial charge in [0.05, 0.1) is 12.1 Å². The fraction of sp³-hybridized carbons (Fsp3) is 0.125. The van der Waals surface area contributed by atoms with Crippen LogP contribution in [0.2, 0.25) is 0 Å². The van der Waals surface area contributed by atoms with Gasteiger partial charge in [-0.15, -0.1) is 10.2 Å². The van der Waals surface area contributed by atoms with E-state index in [1.54, 1.807) is 24.0 Å². The number of aromatic nitrogens is 4. The summed E-state index contributed by atoms with van der Waals surface area (Å²) < 4.78 is 0. The van der Waals surface area contributed by atoms with Gasteiger partial charge in [0.15, 0.2) is 0 Å². The lowest BCUT2D eigenvalue weighted by Crippen LogP contribution is -2.29. The van der Waals surface area contributed by atoms with Crippen LogP contribution in [-0.4, -0.2) is 37.6 Å². The van der Waals surface area contributed by atoms with Crippen molar-refractivity contribution in [2.75, 3.05) is 4.90 Å². The summed E-state index contributed by atoms with van der Waals surface area (Å²) in [5, 5.41) is 23.6. The molecule has 0 radical (unpaired) electrons. The van der Waals surface area contributed by atoms with Crippen LogP contribution in [0.3, 0.4) is 0 Å². The molecule has 1 heterocycles. The molecule has 0 aliphatic heterocycles. The molecule has 0 saturated carbocycles. The number of hydrogen-bond donors (Lipinski definition) is 2. The van der Waals surface area contributed by atoms with Crippen LogP contribution >= 0.6 is 0 Å². The fourth-order valence-corrected chi connectivity index (χ4v) is 3.50. The fourth-order valence-electron chi connectivity index (χ4n) is 3.50. The Morgan fingerprint density at radius 2 is 1.72 bits per heavy atom. The van der Waals surface area contributed by atoms with Crippen LogP contribution in [-0.2, 0) is 11.3 Å². The van der Waals surface area contributed by atoms with E-state index < -0.39 is 5.97 Å². The molecule has 3 aromatic carbocycles. The first-order valence-electron chi connectivity index (χ1n) is 10.1. The molecule has 4 aromatic rings. The summed E-state index contributed by atoms with van der Waals surface area (Å²) in [4.78, 5) is 25.6. The van der Waals surface area contributed by atoms with E-state index in [-0.39, 0.29) is 11.5 Å². The number of amides is 1. The summed E-state index contributed by atoms with van der Waals surface area (Å²) >= 11 is 0. The van der Waals surface area contributed by atoms with E-state index in [0.717, 1.165) is 22.3 Å². The molecule has 0 fully saturated rings. The van der Waals surface area contributed by atoms with Gasteiger partial charge in [-0.1, -0.05) is 61.5 Å². The molecule has 1 amide bonds. The highest BCUT2D eigenvalue weighted by Gasteiger charge is 2.17. The predicted octanol–water partition coefficient (Wildman–Crippen LogP) is 4.18. The maximum atomic E-state index is 12.6. The van der Waals surface area contributed by atoms with Crippen LogP contribution in [0, 0.1) is 0 Å². The lowest BCUT2D eigenvalue weighted by atomic mass is 9.98. The zero-order valence-electron chi connectivity index (χ0n) is 17.4. The Kier molecular flexibility index (Phi) is 6.03. The van der Waals surface area contributed by atoms with E-state index in [1.165, 1.54) is 12.1 Å². The lowest BCUT2D eigenvalue weighted by molar-refractivity contribution is -0.118. The molecule has 0 aliphatic rings. The Hall–Kier alpha value is -4.33. The molecule has 4 rings (SSSR count). The average molecular weight is 427 g/mol. The van der Waals surface area contributed by atoms with E-state index in [9.17, 15) is 14.7 Å². The van der Waals surface area contributed by atoms with Gasteiger partial charge in [-0.2, -0.15) is 5.21 Å². The summed E-state index contributed by atoms with van der Waals surface area (Å²) in [7, 11) is 0. The van der Waals surface area contributed by atoms with Gasteiger partial charge >= 0.3 is 5.97 Å². The van der Waals surface area contributed by atoms with Crippen molar-refractivity contribution in [1.29, 1.82) is 0 Å². The quantitative estimate of drug-likeness (QED) is 0.458. The molecular formula is C24H21N5O3. The zero-order valence-corrected chi connectivity index (χ0v) is 17.4. The number of carbonyl (C=O) groups excluding carboxylic acids is 1. The van der Waals surface area contributed by atoms with Gasteiger partial charge in [0.2, 0.25) is 11.7 Å². The summed E-state index contributed by atoms with van der Waals surface area (Å²) in [6.07, 6.45) is 0.313. The summed E-state index contributed by atoms with van der Waals surface area (Å²) in [5.74, 6) is -0.595. The third-order valence-electron chi connectivity index (χ3n) is 5.13. The molecule has 8 heteroatoms. The van der Waals surface area contributed by atoms with E-state index in [4.69, 9.17) is 0 Å². The van der Waals surface area contributed by atoms with Crippen LogP contribution < -0.4 is 4.90 Å². The third kappa shape index (κ3) is 4.39. The summed E-state index contributed by atoms with van der Waals surface area (Å²) in [6.45, 7) is 2.12. The Morgan fingerprint density at radius 3 is 2.38 bits per heavy atom. The van der Waals surface area contributed by atoms with E-state index >= 15 is 0 Å². The van der Waals surface area contributed by atoms with Crippen molar-refractivity contribution in [3.63, 3.8) is 0 Å². The number of carbonyl (C=O) groups is 2. The first-order chi connectivity index (χ1) is 15.6. The molecule has 0 bridgehead atoms. The van der Waals surface area contributed by atoms with Gasteiger partial charge in [-0.3, -0.25) is 4.79 Å². The normalized spacial score (nSPS) is 10.7. The number of rotatable bonds is 7. The van der Waals surface area contributed by atoms with Gasteiger partial charge in [0, 0.05) is 17.7 Å². The van der Waals surface area contributed by atoms with Crippen molar-refractivity contribution in [3.05, 3.63) is 83.9 Å². The summed E-state index contributed by atoms with van der Waals surface area (Å²) in [6, 6.07) is 22.1. The molecule has 2 N–H and O–H groups in total. The number of tetrazole rings is 1. The number of aromatic amines is 1. The molecule has 160 valence electrons. The van der Waals surface area contributed by atoms with Crippen LogP contribution in [0.5, 0.6) is 0 Å². The number of H-pyrrole nitrogens is 1. The van der Waals surface area contributed by atoms with Gasteiger partial charge in [0.1, 0.15) is 0 Å². The molecule has 0 saturated heterocycles. The number of carboxylic acid groups (broad SMARTS) is 1. The van der Waals surface area contributed by atoms with Gasteiger partial charge < -0.3 is 10.0 Å². The second kappa shape index (κ2) is 9.22. The molecular weight excluding hydrogens is 406 g/mol. The number of nitrogens with zero attached hydrogens (tertiary/aromatic N) is 4. The highest BCUT2D eigenvalue weighted by Crippen LogP contribution is 2.30. The van der Waals surface area contributed by atoms with Gasteiger partial charge in [-0.25, -0.2) is 4.79 Å². The highest BCUT2D eigenvalue weighted by molar-refractivity contribution is 5.95. The third-order valence-corrected chi connectivity index (χ3v) is 5.13. The minimum Gasteiger partial charge on any atom is -0.478 e. The molecule has 0 atom stereocenters. The van der Waals surface area contributed by atoms with Crippen molar-refractivity contribution < 1.29 is 14.7 Å². The number of benzene rings is 3. The largest absolute Gasteiger partial charge is 0.478 e. The van der Waals surface area contributed by atoms with Crippen molar-refractivity contribution in [2.24, 2.45) is 0 Å². The first kappa shape index (κ1) is 20.9. The van der Waals surface area contributed by atoms with E-state index in [2.05, 4.69) is 20.6 Å². The number of nitrogens with one attached hydrogen (secondary N) is 1. The molecule has 1 aromatic heterocycles. The summed E-state index contributed by atoms with van der Waals surface area (Å²) in [5.41, 5.74) is 4.44. The lowest BCUT2D eigenvalue weighted by Gasteiger charge is -2.23. The second-order valence-corrected chi connectivity index (χ2v) is 7.17. The van der Waals surface area contributed by atoms with Crippen molar-refractivity contribution >= 4 is 17.6 Å². The molecule has 32 heavy (non-hydrogen) atoms. The van der Waals surface area contributed by atoms with Gasteiger partial charge in [-0.05, 0) is 40.1 Å². The minimum atomic E-state index is -1.03. The van der Waals surface area contributed by atoms with Crippen LogP contribution in [0.25, 0.3) is 22.5 Å². The van der Waals surface area contributed by atoms with Crippen molar-refractivity contribution in [3.8, 4) is 22.5 Å². The number of anilines is 1. The van der Waals surface area contributed by atoms with Crippen LogP contribution in [0.1, 0.15) is 29.3 Å². The van der Waals surface area contributed by atoms with E-state index in [1.807, 2.05) is 48.5 Å². The van der Waals surface area contributed by atoms with Gasteiger partial charge in [0.25, 0.3) is 0 Å². The SMILES string of the molecule is CCC(=O)N(Cc1ccc(-c2ccccc2-c2nn[nH]n2)cc1)c1cccc(C(=O)O)c1. The maximum absolute atomic E-state index is 12.6. The highest BCUT2D eigenvalue weighted by atomic mass is 16.4. The maximum Gasteiger partial charge on any atom is 0.335 e. The molecule has 0 aliphatic carbocycles. The zero-order chi connectivity index (χ0) is 22.5. The average Bonchev–Trinajstić information content (AvgIpc) is 3.37.